The molecule has 0 radical (unpaired) electrons. The van der Waals surface area contributed by atoms with E-state index < -0.39 is 5.97 Å². The van der Waals surface area contributed by atoms with Gasteiger partial charge in [0.05, 0.1) is 19.3 Å². The van der Waals surface area contributed by atoms with Crippen LogP contribution in [-0.4, -0.2) is 61.8 Å². The van der Waals surface area contributed by atoms with Crippen LogP contribution in [-0.2, 0) is 6.54 Å². The summed E-state index contributed by atoms with van der Waals surface area (Å²) >= 11 is 0. The third-order valence-corrected chi connectivity index (χ3v) is 2.84. The van der Waals surface area contributed by atoms with Crippen LogP contribution in [0.4, 0.5) is 0 Å². The maximum atomic E-state index is 10.6. The molecule has 0 amide bonds. The van der Waals surface area contributed by atoms with Crippen molar-refractivity contribution in [2.75, 3.05) is 20.2 Å². The number of rotatable bonds is 6. The summed E-state index contributed by atoms with van der Waals surface area (Å²) in [7, 11) is 1.89. The highest BCUT2D eigenvalue weighted by atomic mass is 16.4. The van der Waals surface area contributed by atoms with Crippen molar-refractivity contribution in [1.29, 1.82) is 0 Å². The topological polar surface area (TPSA) is 91.5 Å². The van der Waals surface area contributed by atoms with E-state index >= 15 is 0 Å². The molecule has 1 aromatic heterocycles. The quantitative estimate of drug-likeness (QED) is 0.710. The first-order chi connectivity index (χ1) is 7.86. The molecule has 7 heteroatoms. The molecule has 17 heavy (non-hydrogen) atoms. The number of carboxylic acids is 1. The molecule has 1 heterocycles. The predicted octanol–water partition coefficient (Wildman–Crippen LogP) is -0.321. The molecule has 2 N–H and O–H groups in total. The van der Waals surface area contributed by atoms with E-state index in [1.54, 1.807) is 0 Å². The van der Waals surface area contributed by atoms with Crippen LogP contribution in [0.5, 0.6) is 0 Å². The Hall–Kier alpha value is -1.47. The average Bonchev–Trinajstić information content (AvgIpc) is 2.74. The lowest BCUT2D eigenvalue weighted by Gasteiger charge is -2.33. The summed E-state index contributed by atoms with van der Waals surface area (Å²) in [4.78, 5) is 12.6. The van der Waals surface area contributed by atoms with E-state index in [4.69, 9.17) is 5.11 Å². The number of carbonyl (C=O) groups is 1. The highest BCUT2D eigenvalue weighted by Crippen LogP contribution is 2.10. The normalized spacial score (nSPS) is 12.1. The highest BCUT2D eigenvalue weighted by Gasteiger charge is 2.22. The number of carboxylic acid groups (broad SMARTS) is 1. The van der Waals surface area contributed by atoms with Gasteiger partial charge in [-0.1, -0.05) is 5.21 Å². The molecule has 0 spiro atoms. The Bertz CT molecular complexity index is 389. The highest BCUT2D eigenvalue weighted by molar-refractivity contribution is 5.84. The lowest BCUT2D eigenvalue weighted by molar-refractivity contribution is 0.0690. The zero-order chi connectivity index (χ0) is 13.1. The third-order valence-electron chi connectivity index (χ3n) is 2.84. The Labute approximate surface area is 99.7 Å². The van der Waals surface area contributed by atoms with E-state index in [1.807, 2.05) is 25.8 Å². The van der Waals surface area contributed by atoms with Gasteiger partial charge in [0, 0.05) is 12.1 Å². The lowest BCUT2D eigenvalue weighted by Crippen LogP contribution is -2.45. The van der Waals surface area contributed by atoms with Crippen molar-refractivity contribution in [1.82, 2.24) is 19.9 Å². The number of hydrogen-bond donors (Lipinski definition) is 2. The number of nitrogens with zero attached hydrogens (tertiary/aromatic N) is 4. The van der Waals surface area contributed by atoms with E-state index in [0.717, 1.165) is 0 Å². The van der Waals surface area contributed by atoms with E-state index in [1.165, 1.54) is 10.9 Å². The van der Waals surface area contributed by atoms with Crippen molar-refractivity contribution in [3.8, 4) is 0 Å². The molecule has 0 aromatic carbocycles. The second kappa shape index (κ2) is 5.24. The van der Waals surface area contributed by atoms with E-state index in [0.29, 0.717) is 13.1 Å². The first-order valence-corrected chi connectivity index (χ1v) is 5.32. The molecule has 0 unspecified atom stereocenters. The third kappa shape index (κ3) is 3.50. The maximum Gasteiger partial charge on any atom is 0.358 e. The van der Waals surface area contributed by atoms with Crippen LogP contribution in [0.1, 0.15) is 24.3 Å². The average molecular weight is 242 g/mol. The van der Waals surface area contributed by atoms with Crippen LogP contribution in [0, 0.1) is 0 Å². The van der Waals surface area contributed by atoms with Gasteiger partial charge in [-0.25, -0.2) is 4.79 Å². The predicted molar refractivity (Wildman–Crippen MR) is 60.8 cm³/mol. The summed E-state index contributed by atoms with van der Waals surface area (Å²) in [5.74, 6) is -1.08. The van der Waals surface area contributed by atoms with Crippen molar-refractivity contribution in [2.24, 2.45) is 0 Å². The monoisotopic (exact) mass is 242 g/mol. The van der Waals surface area contributed by atoms with Crippen molar-refractivity contribution < 1.29 is 15.0 Å². The van der Waals surface area contributed by atoms with Crippen LogP contribution in [0.2, 0.25) is 0 Å². The fourth-order valence-electron chi connectivity index (χ4n) is 1.18. The summed E-state index contributed by atoms with van der Waals surface area (Å²) in [6.45, 7) is 5.09. The van der Waals surface area contributed by atoms with E-state index in [9.17, 15) is 9.90 Å². The minimum absolute atomic E-state index is 0.0568. The number of aromatic nitrogens is 3. The molecule has 0 saturated heterocycles. The van der Waals surface area contributed by atoms with E-state index in [2.05, 4.69) is 10.3 Å². The molecule has 0 atom stereocenters. The SMILES string of the molecule is CN(CCn1cc(C(=O)O)nn1)C(C)(C)CO. The molecule has 1 rings (SSSR count). The van der Waals surface area contributed by atoms with Crippen LogP contribution >= 0.6 is 0 Å². The maximum absolute atomic E-state index is 10.6. The summed E-state index contributed by atoms with van der Waals surface area (Å²) in [5, 5.41) is 25.1. The summed E-state index contributed by atoms with van der Waals surface area (Å²) < 4.78 is 1.48. The Morgan fingerprint density at radius 3 is 2.71 bits per heavy atom. The van der Waals surface area contributed by atoms with Crippen molar-refractivity contribution >= 4 is 5.97 Å². The van der Waals surface area contributed by atoms with Crippen molar-refractivity contribution in [3.63, 3.8) is 0 Å². The van der Waals surface area contributed by atoms with Gasteiger partial charge < -0.3 is 10.2 Å². The lowest BCUT2D eigenvalue weighted by atomic mass is 10.1. The zero-order valence-corrected chi connectivity index (χ0v) is 10.3. The summed E-state index contributed by atoms with van der Waals surface area (Å²) in [5.41, 5.74) is -0.370. The molecule has 0 saturated carbocycles. The van der Waals surface area contributed by atoms with Crippen LogP contribution < -0.4 is 0 Å². The largest absolute Gasteiger partial charge is 0.476 e. The molecule has 0 bridgehead atoms. The minimum Gasteiger partial charge on any atom is -0.476 e. The molecule has 0 fully saturated rings. The zero-order valence-electron chi connectivity index (χ0n) is 10.3. The molecule has 7 nitrogen and oxygen atoms in total. The molecule has 0 aliphatic heterocycles. The van der Waals surface area contributed by atoms with Gasteiger partial charge in [-0.3, -0.25) is 9.58 Å². The van der Waals surface area contributed by atoms with Gasteiger partial charge in [0.2, 0.25) is 0 Å². The van der Waals surface area contributed by atoms with E-state index in [-0.39, 0.29) is 17.8 Å². The fourth-order valence-corrected chi connectivity index (χ4v) is 1.18. The number of aliphatic hydroxyl groups excluding tert-OH is 1. The molecular formula is C10H18N4O3. The summed E-state index contributed by atoms with van der Waals surface area (Å²) in [6, 6.07) is 0. The second-order valence-electron chi connectivity index (χ2n) is 4.56. The molecule has 96 valence electrons. The minimum atomic E-state index is -1.08. The van der Waals surface area contributed by atoms with Gasteiger partial charge in [0.15, 0.2) is 5.69 Å². The number of aliphatic hydroxyl groups is 1. The van der Waals surface area contributed by atoms with Crippen molar-refractivity contribution in [2.45, 2.75) is 25.9 Å². The Morgan fingerprint density at radius 2 is 2.24 bits per heavy atom. The van der Waals surface area contributed by atoms with Gasteiger partial charge in [0.25, 0.3) is 0 Å². The molecule has 0 aliphatic carbocycles. The van der Waals surface area contributed by atoms with Crippen LogP contribution in [0.15, 0.2) is 6.20 Å². The first kappa shape index (κ1) is 13.6. The van der Waals surface area contributed by atoms with Gasteiger partial charge in [-0.05, 0) is 20.9 Å². The Balaban J connectivity index is 2.53. The van der Waals surface area contributed by atoms with Gasteiger partial charge in [-0.15, -0.1) is 5.10 Å². The molecular weight excluding hydrogens is 224 g/mol. The first-order valence-electron chi connectivity index (χ1n) is 5.32. The summed E-state index contributed by atoms with van der Waals surface area (Å²) in [6.07, 6.45) is 1.39. The second-order valence-corrected chi connectivity index (χ2v) is 4.56. The smallest absolute Gasteiger partial charge is 0.358 e. The fraction of sp³-hybridized carbons (Fsp3) is 0.700. The number of aromatic carboxylic acids is 1. The molecule has 1 aromatic rings. The standard InChI is InChI=1S/C10H18N4O3/c1-10(2,7-15)13(3)4-5-14-6-8(9(16)17)11-12-14/h6,15H,4-5,7H2,1-3H3,(H,16,17). The molecule has 0 aliphatic rings. The van der Waals surface area contributed by atoms with Crippen molar-refractivity contribution in [3.05, 3.63) is 11.9 Å². The number of likely N-dealkylation sites (N-methyl/N-ethyl adjacent to an activating group) is 1. The van der Waals surface area contributed by atoms with Crippen LogP contribution in [0.25, 0.3) is 0 Å². The van der Waals surface area contributed by atoms with Gasteiger partial charge >= 0.3 is 5.97 Å². The van der Waals surface area contributed by atoms with Gasteiger partial charge in [-0.2, -0.15) is 0 Å². The Kier molecular flexibility index (Phi) is 4.19. The number of hydrogen-bond acceptors (Lipinski definition) is 5. The Morgan fingerprint density at radius 1 is 1.59 bits per heavy atom. The van der Waals surface area contributed by atoms with Gasteiger partial charge in [0.1, 0.15) is 0 Å². The van der Waals surface area contributed by atoms with Crippen LogP contribution in [0.3, 0.4) is 0 Å².